The van der Waals surface area contributed by atoms with Gasteiger partial charge in [-0.25, -0.2) is 0 Å². The molecule has 0 radical (unpaired) electrons. The Balaban J connectivity index is 2.17. The standard InChI is InChI=1S/C14H20BrNOS/c1-18-13-3-2-7-16(8-6-13)14-9-12(15)5-4-11(14)10-17/h4-5,9,13,17H,2-3,6-8,10H2,1H3. The molecule has 1 aromatic carbocycles. The summed E-state index contributed by atoms with van der Waals surface area (Å²) in [5.41, 5.74) is 2.22. The van der Waals surface area contributed by atoms with Crippen LogP contribution in [-0.2, 0) is 6.61 Å². The molecule has 0 spiro atoms. The van der Waals surface area contributed by atoms with Gasteiger partial charge >= 0.3 is 0 Å². The van der Waals surface area contributed by atoms with Crippen LogP contribution in [-0.4, -0.2) is 29.7 Å². The molecule has 2 rings (SSSR count). The monoisotopic (exact) mass is 329 g/mol. The zero-order valence-electron chi connectivity index (χ0n) is 10.7. The molecule has 4 heteroatoms. The molecule has 1 atom stereocenters. The molecule has 0 amide bonds. The Morgan fingerprint density at radius 2 is 2.22 bits per heavy atom. The van der Waals surface area contributed by atoms with Crippen molar-refractivity contribution in [3.63, 3.8) is 0 Å². The number of hydrogen-bond donors (Lipinski definition) is 1. The zero-order chi connectivity index (χ0) is 13.0. The van der Waals surface area contributed by atoms with Crippen LogP contribution in [0.25, 0.3) is 0 Å². The van der Waals surface area contributed by atoms with Gasteiger partial charge in [0.1, 0.15) is 0 Å². The van der Waals surface area contributed by atoms with Crippen LogP contribution < -0.4 is 4.90 Å². The molecule has 18 heavy (non-hydrogen) atoms. The fourth-order valence-electron chi connectivity index (χ4n) is 2.51. The van der Waals surface area contributed by atoms with Crippen LogP contribution in [0.5, 0.6) is 0 Å². The lowest BCUT2D eigenvalue weighted by atomic mass is 10.1. The number of anilines is 1. The van der Waals surface area contributed by atoms with E-state index in [-0.39, 0.29) is 6.61 Å². The Bertz CT molecular complexity index is 399. The Hall–Kier alpha value is -0.190. The fourth-order valence-corrected chi connectivity index (χ4v) is 3.60. The van der Waals surface area contributed by atoms with Crippen molar-refractivity contribution < 1.29 is 5.11 Å². The second-order valence-corrected chi connectivity index (χ2v) is 6.76. The number of aliphatic hydroxyl groups is 1. The van der Waals surface area contributed by atoms with Gasteiger partial charge in [0.2, 0.25) is 0 Å². The topological polar surface area (TPSA) is 23.5 Å². The van der Waals surface area contributed by atoms with Gasteiger partial charge in [0.25, 0.3) is 0 Å². The average molecular weight is 330 g/mol. The molecule has 0 saturated carbocycles. The van der Waals surface area contributed by atoms with Crippen molar-refractivity contribution in [2.24, 2.45) is 0 Å². The van der Waals surface area contributed by atoms with Crippen molar-refractivity contribution in [3.8, 4) is 0 Å². The van der Waals surface area contributed by atoms with Crippen molar-refractivity contribution in [2.45, 2.75) is 31.1 Å². The summed E-state index contributed by atoms with van der Waals surface area (Å²) in [7, 11) is 0. The first-order valence-electron chi connectivity index (χ1n) is 6.41. The highest BCUT2D eigenvalue weighted by atomic mass is 79.9. The van der Waals surface area contributed by atoms with Crippen molar-refractivity contribution in [3.05, 3.63) is 28.2 Å². The van der Waals surface area contributed by atoms with Crippen LogP contribution in [0.4, 0.5) is 5.69 Å². The molecule has 1 aliphatic heterocycles. The number of nitrogens with zero attached hydrogens (tertiary/aromatic N) is 1. The Labute approximate surface area is 122 Å². The van der Waals surface area contributed by atoms with Crippen LogP contribution in [0.3, 0.4) is 0 Å². The third-order valence-corrected chi connectivity index (χ3v) is 5.20. The first-order valence-corrected chi connectivity index (χ1v) is 8.49. The van der Waals surface area contributed by atoms with Gasteiger partial charge in [-0.2, -0.15) is 11.8 Å². The highest BCUT2D eigenvalue weighted by Crippen LogP contribution is 2.29. The summed E-state index contributed by atoms with van der Waals surface area (Å²) in [4.78, 5) is 2.42. The van der Waals surface area contributed by atoms with Gasteiger partial charge in [-0.3, -0.25) is 0 Å². The van der Waals surface area contributed by atoms with Gasteiger partial charge in [-0.1, -0.05) is 22.0 Å². The van der Waals surface area contributed by atoms with Gasteiger partial charge in [-0.05, 0) is 37.7 Å². The van der Waals surface area contributed by atoms with E-state index in [4.69, 9.17) is 0 Å². The molecule has 0 bridgehead atoms. The molecule has 1 aromatic rings. The lowest BCUT2D eigenvalue weighted by Gasteiger charge is -2.25. The zero-order valence-corrected chi connectivity index (χ0v) is 13.1. The summed E-state index contributed by atoms with van der Waals surface area (Å²) in [6.07, 6.45) is 5.99. The van der Waals surface area contributed by atoms with E-state index in [0.29, 0.717) is 0 Å². The Morgan fingerprint density at radius 1 is 1.39 bits per heavy atom. The van der Waals surface area contributed by atoms with E-state index in [1.165, 1.54) is 24.9 Å². The maximum atomic E-state index is 9.46. The van der Waals surface area contributed by atoms with Gasteiger partial charge < -0.3 is 10.0 Å². The van der Waals surface area contributed by atoms with E-state index in [9.17, 15) is 5.11 Å². The van der Waals surface area contributed by atoms with Crippen LogP contribution in [0.1, 0.15) is 24.8 Å². The minimum Gasteiger partial charge on any atom is -0.392 e. The van der Waals surface area contributed by atoms with Crippen LogP contribution in [0.15, 0.2) is 22.7 Å². The van der Waals surface area contributed by atoms with E-state index in [1.54, 1.807) is 0 Å². The van der Waals surface area contributed by atoms with Gasteiger partial charge in [0.05, 0.1) is 6.61 Å². The minimum atomic E-state index is 0.116. The molecule has 1 fully saturated rings. The fraction of sp³-hybridized carbons (Fsp3) is 0.571. The summed E-state index contributed by atoms with van der Waals surface area (Å²) < 4.78 is 1.08. The lowest BCUT2D eigenvalue weighted by Crippen LogP contribution is -2.25. The summed E-state index contributed by atoms with van der Waals surface area (Å²) in [6.45, 7) is 2.31. The second-order valence-electron chi connectivity index (χ2n) is 4.71. The number of aliphatic hydroxyl groups excluding tert-OH is 1. The maximum absolute atomic E-state index is 9.46. The normalized spacial score (nSPS) is 20.8. The maximum Gasteiger partial charge on any atom is 0.0702 e. The van der Waals surface area contributed by atoms with Crippen molar-refractivity contribution in [1.29, 1.82) is 0 Å². The van der Waals surface area contributed by atoms with Crippen molar-refractivity contribution >= 4 is 33.4 Å². The number of halogens is 1. The molecule has 0 aliphatic carbocycles. The molecule has 0 aromatic heterocycles. The van der Waals surface area contributed by atoms with Crippen molar-refractivity contribution in [2.75, 3.05) is 24.2 Å². The third kappa shape index (κ3) is 3.43. The highest BCUT2D eigenvalue weighted by molar-refractivity contribution is 9.10. The smallest absolute Gasteiger partial charge is 0.0702 e. The molecular weight excluding hydrogens is 310 g/mol. The number of hydrogen-bond acceptors (Lipinski definition) is 3. The highest BCUT2D eigenvalue weighted by Gasteiger charge is 2.18. The summed E-state index contributed by atoms with van der Waals surface area (Å²) in [5.74, 6) is 0. The van der Waals surface area contributed by atoms with E-state index >= 15 is 0 Å². The summed E-state index contributed by atoms with van der Waals surface area (Å²) in [5, 5.41) is 10.3. The summed E-state index contributed by atoms with van der Waals surface area (Å²) in [6, 6.07) is 6.14. The van der Waals surface area contributed by atoms with E-state index < -0.39 is 0 Å². The number of thioether (sulfide) groups is 1. The number of rotatable bonds is 3. The average Bonchev–Trinajstić information content (AvgIpc) is 2.63. The Kier molecular flexibility index (Phi) is 5.39. The molecule has 1 heterocycles. The number of benzene rings is 1. The van der Waals surface area contributed by atoms with Crippen LogP contribution in [0, 0.1) is 0 Å². The molecule has 100 valence electrons. The minimum absolute atomic E-state index is 0.116. The third-order valence-electron chi connectivity index (χ3n) is 3.57. The SMILES string of the molecule is CSC1CCCN(c2cc(Br)ccc2CO)CC1. The Morgan fingerprint density at radius 3 is 2.94 bits per heavy atom. The molecule has 1 N–H and O–H groups in total. The van der Waals surface area contributed by atoms with E-state index in [0.717, 1.165) is 28.4 Å². The molecule has 2 nitrogen and oxygen atoms in total. The van der Waals surface area contributed by atoms with Gasteiger partial charge in [0.15, 0.2) is 0 Å². The summed E-state index contributed by atoms with van der Waals surface area (Å²) >= 11 is 5.51. The predicted molar refractivity (Wildman–Crippen MR) is 83.4 cm³/mol. The lowest BCUT2D eigenvalue weighted by molar-refractivity contribution is 0.282. The van der Waals surface area contributed by atoms with E-state index in [1.807, 2.05) is 23.9 Å². The second kappa shape index (κ2) is 6.83. The van der Waals surface area contributed by atoms with Crippen molar-refractivity contribution in [1.82, 2.24) is 0 Å². The molecule has 1 aliphatic rings. The van der Waals surface area contributed by atoms with Gasteiger partial charge in [0, 0.05) is 34.1 Å². The first-order chi connectivity index (χ1) is 8.74. The van der Waals surface area contributed by atoms with Gasteiger partial charge in [-0.15, -0.1) is 0 Å². The van der Waals surface area contributed by atoms with Crippen LogP contribution >= 0.6 is 27.7 Å². The molecule has 1 saturated heterocycles. The predicted octanol–water partition coefficient (Wildman–Crippen LogP) is 3.66. The largest absolute Gasteiger partial charge is 0.392 e. The quantitative estimate of drug-likeness (QED) is 0.915. The molecular formula is C14H20BrNOS. The first kappa shape index (κ1) is 14.2. The molecule has 1 unspecified atom stereocenters. The van der Waals surface area contributed by atoms with E-state index in [2.05, 4.69) is 33.2 Å². The van der Waals surface area contributed by atoms with Crippen LogP contribution in [0.2, 0.25) is 0 Å².